The molecule has 2 aliphatic heterocycles. The van der Waals surface area contributed by atoms with Crippen LogP contribution in [0.15, 0.2) is 30.6 Å². The third-order valence-corrected chi connectivity index (χ3v) is 6.62. The quantitative estimate of drug-likeness (QED) is 0.763. The Morgan fingerprint density at radius 1 is 1.13 bits per heavy atom. The number of carbonyl (C=O) groups is 2. The Hall–Kier alpha value is -3.00. The summed E-state index contributed by atoms with van der Waals surface area (Å²) in [5.74, 6) is 0.139. The van der Waals surface area contributed by atoms with Gasteiger partial charge in [-0.2, -0.15) is 0 Å². The molecule has 0 saturated carbocycles. The van der Waals surface area contributed by atoms with Crippen LogP contribution in [0.1, 0.15) is 57.2 Å². The van der Waals surface area contributed by atoms with E-state index in [4.69, 9.17) is 0 Å². The van der Waals surface area contributed by atoms with E-state index >= 15 is 0 Å². The fraction of sp³-hybridized carbons (Fsp3) is 0.478. The molecule has 8 heteroatoms. The molecular formula is C23H29N5O3. The lowest BCUT2D eigenvalue weighted by atomic mass is 9.96. The first-order valence-electron chi connectivity index (χ1n) is 10.8. The van der Waals surface area contributed by atoms with Gasteiger partial charge in [-0.1, -0.05) is 12.1 Å². The lowest BCUT2D eigenvalue weighted by Gasteiger charge is -2.37. The normalized spacial score (nSPS) is 20.1. The minimum absolute atomic E-state index is 0.0281. The monoisotopic (exact) mass is 423 g/mol. The molecule has 3 heterocycles. The van der Waals surface area contributed by atoms with E-state index in [1.54, 1.807) is 19.2 Å². The van der Waals surface area contributed by atoms with E-state index in [1.807, 2.05) is 24.0 Å². The summed E-state index contributed by atoms with van der Waals surface area (Å²) < 4.78 is 0. The predicted octanol–water partition coefficient (Wildman–Crippen LogP) is 2.62. The summed E-state index contributed by atoms with van der Waals surface area (Å²) in [6.45, 7) is 5.26. The number of benzene rings is 1. The van der Waals surface area contributed by atoms with E-state index in [0.29, 0.717) is 29.0 Å². The van der Waals surface area contributed by atoms with Gasteiger partial charge >= 0.3 is 5.97 Å². The highest BCUT2D eigenvalue weighted by molar-refractivity contribution is 5.94. The van der Waals surface area contributed by atoms with Crippen molar-refractivity contribution >= 4 is 17.7 Å². The zero-order valence-corrected chi connectivity index (χ0v) is 18.0. The summed E-state index contributed by atoms with van der Waals surface area (Å²) in [5.41, 5.74) is 2.71. The molecule has 164 valence electrons. The van der Waals surface area contributed by atoms with Crippen molar-refractivity contribution in [2.75, 3.05) is 38.5 Å². The van der Waals surface area contributed by atoms with Crippen LogP contribution in [0.3, 0.4) is 0 Å². The van der Waals surface area contributed by atoms with Crippen LogP contribution in [0.25, 0.3) is 0 Å². The molecule has 2 fully saturated rings. The molecular weight excluding hydrogens is 394 g/mol. The van der Waals surface area contributed by atoms with E-state index in [-0.39, 0.29) is 5.91 Å². The maximum atomic E-state index is 13.0. The third kappa shape index (κ3) is 4.39. The summed E-state index contributed by atoms with van der Waals surface area (Å²) in [4.78, 5) is 37.1. The number of rotatable bonds is 5. The number of nitrogens with one attached hydrogen (secondary N) is 1. The lowest BCUT2D eigenvalue weighted by Crippen LogP contribution is -2.46. The molecule has 4 rings (SSSR count). The fourth-order valence-electron chi connectivity index (χ4n) is 4.82. The first-order chi connectivity index (χ1) is 15.0. The van der Waals surface area contributed by atoms with Crippen molar-refractivity contribution < 1.29 is 14.7 Å². The number of amides is 1. The van der Waals surface area contributed by atoms with Gasteiger partial charge in [0.05, 0.1) is 5.56 Å². The van der Waals surface area contributed by atoms with Gasteiger partial charge in [-0.15, -0.1) is 0 Å². The molecule has 1 aromatic heterocycles. The van der Waals surface area contributed by atoms with Gasteiger partial charge in [0.1, 0.15) is 17.8 Å². The first kappa shape index (κ1) is 21.2. The molecule has 0 aliphatic carbocycles. The molecule has 2 saturated heterocycles. The number of carbonyl (C=O) groups excluding carboxylic acids is 1. The number of carboxylic acids is 1. The van der Waals surface area contributed by atoms with Crippen LogP contribution in [0.4, 0.5) is 5.82 Å². The van der Waals surface area contributed by atoms with Gasteiger partial charge in [0.15, 0.2) is 0 Å². The Morgan fingerprint density at radius 2 is 1.90 bits per heavy atom. The van der Waals surface area contributed by atoms with Crippen molar-refractivity contribution in [1.82, 2.24) is 19.8 Å². The van der Waals surface area contributed by atoms with Crippen LogP contribution in [0, 0.1) is 6.92 Å². The molecule has 1 atom stereocenters. The van der Waals surface area contributed by atoms with Crippen molar-refractivity contribution in [1.29, 1.82) is 0 Å². The average molecular weight is 424 g/mol. The number of likely N-dealkylation sites (tertiary alicyclic amines) is 2. The summed E-state index contributed by atoms with van der Waals surface area (Å²) in [5, 5.41) is 12.3. The Morgan fingerprint density at radius 3 is 2.61 bits per heavy atom. The molecule has 8 nitrogen and oxygen atoms in total. The Bertz CT molecular complexity index is 971. The van der Waals surface area contributed by atoms with E-state index in [1.165, 1.54) is 6.33 Å². The second-order valence-corrected chi connectivity index (χ2v) is 8.38. The van der Waals surface area contributed by atoms with Gasteiger partial charge in [-0.3, -0.25) is 9.69 Å². The molecule has 1 amide bonds. The number of carboxylic acid groups (broad SMARTS) is 1. The highest BCUT2D eigenvalue weighted by atomic mass is 16.4. The molecule has 1 aromatic carbocycles. The van der Waals surface area contributed by atoms with Gasteiger partial charge in [0.25, 0.3) is 5.91 Å². The molecule has 2 N–H and O–H groups in total. The molecule has 2 aromatic rings. The predicted molar refractivity (Wildman–Crippen MR) is 118 cm³/mol. The van der Waals surface area contributed by atoms with E-state index in [2.05, 4.69) is 20.2 Å². The van der Waals surface area contributed by atoms with Crippen LogP contribution in [0.2, 0.25) is 0 Å². The Balaban J connectivity index is 1.35. The second-order valence-electron chi connectivity index (χ2n) is 8.38. The standard InChI is InChI=1S/C23H29N5O3/c1-15-20(25-14-26-21(15)24-2)22(29)27-10-7-19(8-11-27)28-9-6-18(13-28)16-4-3-5-17(12-16)23(30)31/h3-5,12,14,18-19H,6-11,13H2,1-2H3,(H,30,31)(H,24,25,26). The number of aromatic carboxylic acids is 1. The van der Waals surface area contributed by atoms with Gasteiger partial charge < -0.3 is 15.3 Å². The van der Waals surface area contributed by atoms with Crippen LogP contribution < -0.4 is 5.32 Å². The van der Waals surface area contributed by atoms with Crippen LogP contribution in [0.5, 0.6) is 0 Å². The third-order valence-electron chi connectivity index (χ3n) is 6.62. The number of anilines is 1. The van der Waals surface area contributed by atoms with Gasteiger partial charge in [-0.25, -0.2) is 14.8 Å². The minimum Gasteiger partial charge on any atom is -0.478 e. The van der Waals surface area contributed by atoms with Crippen molar-refractivity contribution in [3.05, 3.63) is 53.0 Å². The van der Waals surface area contributed by atoms with E-state index in [0.717, 1.165) is 56.6 Å². The largest absolute Gasteiger partial charge is 0.478 e. The molecule has 31 heavy (non-hydrogen) atoms. The molecule has 0 bridgehead atoms. The first-order valence-corrected chi connectivity index (χ1v) is 10.8. The highest BCUT2D eigenvalue weighted by Crippen LogP contribution is 2.31. The highest BCUT2D eigenvalue weighted by Gasteiger charge is 2.33. The molecule has 2 aliphatic rings. The summed E-state index contributed by atoms with van der Waals surface area (Å²) in [7, 11) is 1.79. The van der Waals surface area contributed by atoms with Crippen molar-refractivity contribution in [3.8, 4) is 0 Å². The fourth-order valence-corrected chi connectivity index (χ4v) is 4.82. The minimum atomic E-state index is -0.880. The smallest absolute Gasteiger partial charge is 0.335 e. The van der Waals surface area contributed by atoms with Gasteiger partial charge in [0, 0.05) is 38.3 Å². The van der Waals surface area contributed by atoms with Crippen molar-refractivity contribution in [2.24, 2.45) is 0 Å². The zero-order valence-electron chi connectivity index (χ0n) is 18.0. The van der Waals surface area contributed by atoms with E-state index < -0.39 is 5.97 Å². The van der Waals surface area contributed by atoms with Gasteiger partial charge in [0.2, 0.25) is 0 Å². The molecule has 0 radical (unpaired) electrons. The number of nitrogens with zero attached hydrogens (tertiary/aromatic N) is 4. The van der Waals surface area contributed by atoms with Gasteiger partial charge in [-0.05, 0) is 56.3 Å². The van der Waals surface area contributed by atoms with E-state index in [9.17, 15) is 14.7 Å². The van der Waals surface area contributed by atoms with Crippen LogP contribution in [-0.2, 0) is 0 Å². The zero-order chi connectivity index (χ0) is 22.0. The number of piperidine rings is 1. The van der Waals surface area contributed by atoms with Crippen LogP contribution in [-0.4, -0.2) is 76.0 Å². The maximum absolute atomic E-state index is 13.0. The molecule has 0 spiro atoms. The maximum Gasteiger partial charge on any atom is 0.335 e. The Kier molecular flexibility index (Phi) is 6.18. The second kappa shape index (κ2) is 9.01. The number of hydrogen-bond acceptors (Lipinski definition) is 6. The lowest BCUT2D eigenvalue weighted by molar-refractivity contribution is 0.0635. The summed E-state index contributed by atoms with van der Waals surface area (Å²) in [6, 6.07) is 7.77. The molecule has 1 unspecified atom stereocenters. The Labute approximate surface area is 182 Å². The van der Waals surface area contributed by atoms with Crippen molar-refractivity contribution in [2.45, 2.75) is 38.1 Å². The summed E-state index contributed by atoms with van der Waals surface area (Å²) in [6.07, 6.45) is 4.35. The topological polar surface area (TPSA) is 98.7 Å². The SMILES string of the molecule is CNc1ncnc(C(=O)N2CCC(N3CCC(c4cccc(C(=O)O)c4)C3)CC2)c1C. The average Bonchev–Trinajstić information content (AvgIpc) is 3.29. The number of aromatic nitrogens is 2. The summed E-state index contributed by atoms with van der Waals surface area (Å²) >= 11 is 0. The van der Waals surface area contributed by atoms with Crippen LogP contribution >= 0.6 is 0 Å². The number of hydrogen-bond donors (Lipinski definition) is 2. The van der Waals surface area contributed by atoms with Crippen molar-refractivity contribution in [3.63, 3.8) is 0 Å².